The summed E-state index contributed by atoms with van der Waals surface area (Å²) in [5.74, 6) is -0.694. The lowest BCUT2D eigenvalue weighted by atomic mass is 10.2. The molecule has 0 aromatic heterocycles. The predicted molar refractivity (Wildman–Crippen MR) is 73.5 cm³/mol. The lowest BCUT2D eigenvalue weighted by Gasteiger charge is -2.22. The standard InChI is InChI=1S/C14H22N2O5/c1-20-13(18)11-7-4-8-16(11)12(17)9-15-14(19)21-10-5-2-3-6-10/h10-11H,2-9H2,1H3,(H,15,19)/t11-/m0/s1. The van der Waals surface area contributed by atoms with Gasteiger partial charge in [0.15, 0.2) is 0 Å². The minimum absolute atomic E-state index is 0.0327. The molecular weight excluding hydrogens is 276 g/mol. The van der Waals surface area contributed by atoms with Crippen molar-refractivity contribution in [1.29, 1.82) is 0 Å². The van der Waals surface area contributed by atoms with Crippen molar-refractivity contribution in [1.82, 2.24) is 10.2 Å². The van der Waals surface area contributed by atoms with E-state index in [2.05, 4.69) is 10.1 Å². The molecular formula is C14H22N2O5. The molecule has 7 heteroatoms. The van der Waals surface area contributed by atoms with Gasteiger partial charge < -0.3 is 19.7 Å². The summed E-state index contributed by atoms with van der Waals surface area (Å²) in [6, 6.07) is -0.532. The number of rotatable bonds is 4. The highest BCUT2D eigenvalue weighted by Gasteiger charge is 2.34. The second-order valence-corrected chi connectivity index (χ2v) is 5.43. The monoisotopic (exact) mass is 298 g/mol. The van der Waals surface area contributed by atoms with Crippen LogP contribution in [0.15, 0.2) is 0 Å². The molecule has 1 aliphatic carbocycles. The molecule has 1 saturated carbocycles. The SMILES string of the molecule is COC(=O)[C@@H]1CCCN1C(=O)CNC(=O)OC1CCCC1. The number of carbonyl (C=O) groups is 3. The highest BCUT2D eigenvalue weighted by Crippen LogP contribution is 2.21. The normalized spacial score (nSPS) is 22.1. The molecule has 7 nitrogen and oxygen atoms in total. The molecule has 1 aliphatic heterocycles. The summed E-state index contributed by atoms with van der Waals surface area (Å²) in [6.07, 6.45) is 4.69. The van der Waals surface area contributed by atoms with Gasteiger partial charge in [-0.2, -0.15) is 0 Å². The number of esters is 1. The van der Waals surface area contributed by atoms with E-state index in [0.29, 0.717) is 13.0 Å². The molecule has 0 spiro atoms. The van der Waals surface area contributed by atoms with E-state index in [1.54, 1.807) is 0 Å². The first-order valence-corrected chi connectivity index (χ1v) is 7.43. The fourth-order valence-electron chi connectivity index (χ4n) is 2.89. The first-order valence-electron chi connectivity index (χ1n) is 7.43. The molecule has 1 heterocycles. The Morgan fingerprint density at radius 1 is 1.14 bits per heavy atom. The Kier molecular flexibility index (Phi) is 5.41. The Hall–Kier alpha value is -1.79. The third kappa shape index (κ3) is 4.09. The molecule has 0 bridgehead atoms. The lowest BCUT2D eigenvalue weighted by molar-refractivity contribution is -0.150. The van der Waals surface area contributed by atoms with Crippen molar-refractivity contribution in [2.75, 3.05) is 20.2 Å². The van der Waals surface area contributed by atoms with E-state index >= 15 is 0 Å². The van der Waals surface area contributed by atoms with E-state index in [-0.39, 0.29) is 18.6 Å². The van der Waals surface area contributed by atoms with Gasteiger partial charge in [-0.15, -0.1) is 0 Å². The van der Waals surface area contributed by atoms with Gasteiger partial charge in [0.25, 0.3) is 0 Å². The maximum Gasteiger partial charge on any atom is 0.407 e. The zero-order valence-corrected chi connectivity index (χ0v) is 12.3. The Morgan fingerprint density at radius 2 is 1.86 bits per heavy atom. The molecule has 2 aliphatic rings. The Bertz CT molecular complexity index is 406. The quantitative estimate of drug-likeness (QED) is 0.777. The largest absolute Gasteiger partial charge is 0.467 e. The van der Waals surface area contributed by atoms with Gasteiger partial charge in [0.2, 0.25) is 5.91 Å². The van der Waals surface area contributed by atoms with Crippen LogP contribution in [-0.2, 0) is 19.1 Å². The van der Waals surface area contributed by atoms with Crippen LogP contribution in [-0.4, -0.2) is 55.2 Å². The number of ether oxygens (including phenoxy) is 2. The maximum atomic E-state index is 12.1. The molecule has 2 rings (SSSR count). The first-order chi connectivity index (χ1) is 10.1. The van der Waals surface area contributed by atoms with Crippen molar-refractivity contribution < 1.29 is 23.9 Å². The summed E-state index contributed by atoms with van der Waals surface area (Å²) >= 11 is 0. The van der Waals surface area contributed by atoms with Crippen LogP contribution in [0.5, 0.6) is 0 Å². The molecule has 2 fully saturated rings. The number of nitrogens with zero attached hydrogens (tertiary/aromatic N) is 1. The van der Waals surface area contributed by atoms with Gasteiger partial charge in [-0.3, -0.25) is 4.79 Å². The molecule has 1 atom stereocenters. The highest BCUT2D eigenvalue weighted by molar-refractivity contribution is 5.87. The third-order valence-electron chi connectivity index (χ3n) is 4.01. The molecule has 1 N–H and O–H groups in total. The third-order valence-corrected chi connectivity index (χ3v) is 4.01. The van der Waals surface area contributed by atoms with Gasteiger partial charge >= 0.3 is 12.1 Å². The summed E-state index contributed by atoms with van der Waals surface area (Å²) < 4.78 is 9.89. The Morgan fingerprint density at radius 3 is 2.52 bits per heavy atom. The Labute approximate surface area is 123 Å². The van der Waals surface area contributed by atoms with E-state index in [9.17, 15) is 14.4 Å². The van der Waals surface area contributed by atoms with Crippen molar-refractivity contribution in [3.8, 4) is 0 Å². The smallest absolute Gasteiger partial charge is 0.407 e. The molecule has 0 radical (unpaired) electrons. The number of hydrogen-bond donors (Lipinski definition) is 1. The fourth-order valence-corrected chi connectivity index (χ4v) is 2.89. The van der Waals surface area contributed by atoms with Crippen LogP contribution in [0.4, 0.5) is 4.79 Å². The van der Waals surface area contributed by atoms with Gasteiger partial charge in [-0.25, -0.2) is 9.59 Å². The molecule has 21 heavy (non-hydrogen) atoms. The van der Waals surface area contributed by atoms with Crippen LogP contribution in [0.1, 0.15) is 38.5 Å². The van der Waals surface area contributed by atoms with E-state index in [0.717, 1.165) is 32.1 Å². The maximum absolute atomic E-state index is 12.1. The topological polar surface area (TPSA) is 84.9 Å². The van der Waals surface area contributed by atoms with Gasteiger partial charge in [0.1, 0.15) is 18.7 Å². The average Bonchev–Trinajstić information content (AvgIpc) is 3.14. The van der Waals surface area contributed by atoms with Crippen LogP contribution < -0.4 is 5.32 Å². The minimum Gasteiger partial charge on any atom is -0.467 e. The Balaban J connectivity index is 1.75. The van der Waals surface area contributed by atoms with Gasteiger partial charge in [-0.1, -0.05) is 0 Å². The van der Waals surface area contributed by atoms with Crippen molar-refractivity contribution >= 4 is 18.0 Å². The number of hydrogen-bond acceptors (Lipinski definition) is 5. The number of carbonyl (C=O) groups excluding carboxylic acids is 3. The van der Waals surface area contributed by atoms with Gasteiger partial charge in [-0.05, 0) is 38.5 Å². The summed E-state index contributed by atoms with van der Waals surface area (Å²) in [5, 5.41) is 2.46. The van der Waals surface area contributed by atoms with Crippen LogP contribution in [0.3, 0.4) is 0 Å². The van der Waals surface area contributed by atoms with Crippen molar-refractivity contribution in [3.63, 3.8) is 0 Å². The van der Waals surface area contributed by atoms with Gasteiger partial charge in [0.05, 0.1) is 7.11 Å². The number of amides is 2. The predicted octanol–water partition coefficient (Wildman–Crippen LogP) is 0.819. The number of methoxy groups -OCH3 is 1. The van der Waals surface area contributed by atoms with Gasteiger partial charge in [0, 0.05) is 6.54 Å². The first kappa shape index (κ1) is 15.6. The van der Waals surface area contributed by atoms with E-state index in [4.69, 9.17) is 4.74 Å². The van der Waals surface area contributed by atoms with Crippen LogP contribution >= 0.6 is 0 Å². The lowest BCUT2D eigenvalue weighted by Crippen LogP contribution is -2.46. The zero-order valence-electron chi connectivity index (χ0n) is 12.3. The van der Waals surface area contributed by atoms with Crippen LogP contribution in [0.25, 0.3) is 0 Å². The molecule has 118 valence electrons. The molecule has 2 amide bonds. The average molecular weight is 298 g/mol. The van der Waals surface area contributed by atoms with E-state index < -0.39 is 18.1 Å². The summed E-state index contributed by atoms with van der Waals surface area (Å²) in [7, 11) is 1.31. The molecule has 0 aromatic carbocycles. The summed E-state index contributed by atoms with van der Waals surface area (Å²) in [4.78, 5) is 36.7. The zero-order chi connectivity index (χ0) is 15.2. The van der Waals surface area contributed by atoms with Crippen LogP contribution in [0, 0.1) is 0 Å². The second-order valence-electron chi connectivity index (χ2n) is 5.43. The summed E-state index contributed by atoms with van der Waals surface area (Å²) in [6.45, 7) is 0.358. The fraction of sp³-hybridized carbons (Fsp3) is 0.786. The second kappa shape index (κ2) is 7.28. The summed E-state index contributed by atoms with van der Waals surface area (Å²) in [5.41, 5.74) is 0. The van der Waals surface area contributed by atoms with E-state index in [1.165, 1.54) is 12.0 Å². The molecule has 0 aromatic rings. The van der Waals surface area contributed by atoms with Crippen molar-refractivity contribution in [2.24, 2.45) is 0 Å². The van der Waals surface area contributed by atoms with Crippen molar-refractivity contribution in [2.45, 2.75) is 50.7 Å². The number of nitrogens with one attached hydrogen (secondary N) is 1. The van der Waals surface area contributed by atoms with E-state index in [1.807, 2.05) is 0 Å². The molecule has 1 saturated heterocycles. The molecule has 0 unspecified atom stereocenters. The number of likely N-dealkylation sites (tertiary alicyclic amines) is 1. The minimum atomic E-state index is -0.566. The number of alkyl carbamates (subject to hydrolysis) is 1. The highest BCUT2D eigenvalue weighted by atomic mass is 16.6. The van der Waals surface area contributed by atoms with Crippen LogP contribution in [0.2, 0.25) is 0 Å². The van der Waals surface area contributed by atoms with Crippen molar-refractivity contribution in [3.05, 3.63) is 0 Å².